The largest absolute Gasteiger partial charge is 0.497 e. The van der Waals surface area contributed by atoms with Gasteiger partial charge in [-0.25, -0.2) is 4.98 Å². The van der Waals surface area contributed by atoms with Crippen molar-refractivity contribution >= 4 is 17.5 Å². The molecule has 1 aromatic heterocycles. The smallest absolute Gasteiger partial charge is 0.242 e. The van der Waals surface area contributed by atoms with E-state index in [-0.39, 0.29) is 24.3 Å². The first kappa shape index (κ1) is 20.7. The minimum Gasteiger partial charge on any atom is -0.497 e. The summed E-state index contributed by atoms with van der Waals surface area (Å²) in [5, 5.41) is 3.00. The second-order valence-electron chi connectivity index (χ2n) is 7.71. The number of benzene rings is 2. The maximum Gasteiger partial charge on any atom is 0.242 e. The number of methoxy groups -OCH3 is 1. The van der Waals surface area contributed by atoms with Gasteiger partial charge in [0.15, 0.2) is 0 Å². The monoisotopic (exact) mass is 418 g/mol. The second-order valence-corrected chi connectivity index (χ2v) is 7.71. The van der Waals surface area contributed by atoms with E-state index in [4.69, 9.17) is 4.74 Å². The average molecular weight is 418 g/mol. The number of hydrogen-bond donors (Lipinski definition) is 1. The number of amides is 2. The number of anilines is 1. The van der Waals surface area contributed by atoms with Crippen molar-refractivity contribution in [3.05, 3.63) is 67.3 Å². The molecule has 1 aliphatic rings. The summed E-state index contributed by atoms with van der Waals surface area (Å²) in [7, 11) is 1.65. The van der Waals surface area contributed by atoms with Crippen molar-refractivity contribution in [1.29, 1.82) is 0 Å². The summed E-state index contributed by atoms with van der Waals surface area (Å²) in [4.78, 5) is 31.1. The lowest BCUT2D eigenvalue weighted by molar-refractivity contribution is -0.135. The summed E-state index contributed by atoms with van der Waals surface area (Å²) in [6.07, 6.45) is 6.65. The molecule has 3 aromatic rings. The van der Waals surface area contributed by atoms with Crippen LogP contribution in [-0.2, 0) is 16.1 Å². The molecule has 0 saturated carbocycles. The summed E-state index contributed by atoms with van der Waals surface area (Å²) >= 11 is 0. The highest BCUT2D eigenvalue weighted by molar-refractivity contribution is 5.93. The number of carbonyl (C=O) groups excluding carboxylic acids is 2. The standard InChI is InChI=1S/C24H26N4O3/c1-31-22-6-2-4-19(14-22)18-7-9-21(10-8-18)26-24(30)20-5-3-12-28(15-20)23(29)16-27-13-11-25-17-27/h2,4,6-11,13-14,17,20H,3,5,12,15-16H2,1H3,(H,26,30). The zero-order chi connectivity index (χ0) is 21.6. The van der Waals surface area contributed by atoms with Gasteiger partial charge in [0.2, 0.25) is 11.8 Å². The lowest BCUT2D eigenvalue weighted by atomic mass is 9.96. The van der Waals surface area contributed by atoms with E-state index in [9.17, 15) is 9.59 Å². The second kappa shape index (κ2) is 9.47. The van der Waals surface area contributed by atoms with Crippen LogP contribution in [0.15, 0.2) is 67.3 Å². The van der Waals surface area contributed by atoms with Crippen molar-refractivity contribution in [1.82, 2.24) is 14.5 Å². The molecule has 1 aliphatic heterocycles. The Morgan fingerprint density at radius 3 is 2.74 bits per heavy atom. The SMILES string of the molecule is COc1cccc(-c2ccc(NC(=O)C3CCCN(C(=O)Cn4ccnc4)C3)cc2)c1. The zero-order valence-electron chi connectivity index (χ0n) is 17.5. The number of nitrogens with zero attached hydrogens (tertiary/aromatic N) is 3. The van der Waals surface area contributed by atoms with E-state index < -0.39 is 0 Å². The third kappa shape index (κ3) is 5.12. The van der Waals surface area contributed by atoms with Gasteiger partial charge in [0.25, 0.3) is 0 Å². The fourth-order valence-corrected chi connectivity index (χ4v) is 3.85. The van der Waals surface area contributed by atoms with Crippen LogP contribution in [0.5, 0.6) is 5.75 Å². The Morgan fingerprint density at radius 2 is 2.00 bits per heavy atom. The van der Waals surface area contributed by atoms with E-state index in [1.165, 1.54) is 0 Å². The maximum atomic E-state index is 12.8. The van der Waals surface area contributed by atoms with Crippen LogP contribution in [0.25, 0.3) is 11.1 Å². The fraction of sp³-hybridized carbons (Fsp3) is 0.292. The average Bonchev–Trinajstić information content (AvgIpc) is 3.32. The molecule has 7 nitrogen and oxygen atoms in total. The van der Waals surface area contributed by atoms with Gasteiger partial charge in [-0.1, -0.05) is 24.3 Å². The van der Waals surface area contributed by atoms with Gasteiger partial charge >= 0.3 is 0 Å². The Labute approximate surface area is 181 Å². The van der Waals surface area contributed by atoms with Crippen molar-refractivity contribution < 1.29 is 14.3 Å². The molecule has 31 heavy (non-hydrogen) atoms. The fourth-order valence-electron chi connectivity index (χ4n) is 3.85. The van der Waals surface area contributed by atoms with Crippen molar-refractivity contribution in [3.8, 4) is 16.9 Å². The molecule has 1 fully saturated rings. The van der Waals surface area contributed by atoms with Gasteiger partial charge in [0.05, 0.1) is 19.4 Å². The molecule has 0 bridgehead atoms. The predicted molar refractivity (Wildman–Crippen MR) is 119 cm³/mol. The van der Waals surface area contributed by atoms with Gasteiger partial charge in [0, 0.05) is 31.2 Å². The molecule has 160 valence electrons. The van der Waals surface area contributed by atoms with Gasteiger partial charge in [-0.15, -0.1) is 0 Å². The van der Waals surface area contributed by atoms with Gasteiger partial charge in [-0.3, -0.25) is 9.59 Å². The molecule has 1 N–H and O–H groups in total. The van der Waals surface area contributed by atoms with Crippen LogP contribution >= 0.6 is 0 Å². The Bertz CT molecular complexity index is 1030. The minimum absolute atomic E-state index is 0.0122. The first-order valence-electron chi connectivity index (χ1n) is 10.4. The van der Waals surface area contributed by atoms with Crippen LogP contribution in [0.3, 0.4) is 0 Å². The number of rotatable bonds is 6. The van der Waals surface area contributed by atoms with E-state index in [0.717, 1.165) is 35.4 Å². The van der Waals surface area contributed by atoms with Crippen LogP contribution in [0.2, 0.25) is 0 Å². The molecule has 4 rings (SSSR count). The first-order valence-corrected chi connectivity index (χ1v) is 10.4. The summed E-state index contributed by atoms with van der Waals surface area (Å²) in [6, 6.07) is 15.6. The minimum atomic E-state index is -0.210. The number of likely N-dealkylation sites (tertiary alicyclic amines) is 1. The summed E-state index contributed by atoms with van der Waals surface area (Å²) < 4.78 is 7.03. The summed E-state index contributed by atoms with van der Waals surface area (Å²) in [5.41, 5.74) is 2.85. The van der Waals surface area contributed by atoms with E-state index in [2.05, 4.69) is 10.3 Å². The molecule has 0 radical (unpaired) electrons. The molecule has 2 heterocycles. The molecular weight excluding hydrogens is 392 g/mol. The molecule has 1 unspecified atom stereocenters. The number of imidazole rings is 1. The number of hydrogen-bond acceptors (Lipinski definition) is 4. The maximum absolute atomic E-state index is 12.8. The quantitative estimate of drug-likeness (QED) is 0.665. The third-order valence-corrected chi connectivity index (χ3v) is 5.58. The lowest BCUT2D eigenvalue weighted by Crippen LogP contribution is -2.44. The normalized spacial score (nSPS) is 16.0. The number of aromatic nitrogens is 2. The highest BCUT2D eigenvalue weighted by atomic mass is 16.5. The van der Waals surface area contributed by atoms with E-state index in [0.29, 0.717) is 13.1 Å². The molecule has 0 aliphatic carbocycles. The molecule has 7 heteroatoms. The Morgan fingerprint density at radius 1 is 1.16 bits per heavy atom. The summed E-state index contributed by atoms with van der Waals surface area (Å²) in [5.74, 6) is 0.560. The van der Waals surface area contributed by atoms with Gasteiger partial charge in [-0.2, -0.15) is 0 Å². The molecule has 2 aromatic carbocycles. The van der Waals surface area contributed by atoms with E-state index in [1.807, 2.05) is 48.5 Å². The van der Waals surface area contributed by atoms with E-state index in [1.54, 1.807) is 35.3 Å². The highest BCUT2D eigenvalue weighted by Crippen LogP contribution is 2.26. The van der Waals surface area contributed by atoms with Crippen molar-refractivity contribution in [3.63, 3.8) is 0 Å². The zero-order valence-corrected chi connectivity index (χ0v) is 17.5. The van der Waals surface area contributed by atoms with Gasteiger partial charge < -0.3 is 19.5 Å². The third-order valence-electron chi connectivity index (χ3n) is 5.58. The van der Waals surface area contributed by atoms with Gasteiger partial charge in [0.1, 0.15) is 12.3 Å². The molecule has 0 spiro atoms. The van der Waals surface area contributed by atoms with Crippen LogP contribution in [0.1, 0.15) is 12.8 Å². The number of nitrogens with one attached hydrogen (secondary N) is 1. The highest BCUT2D eigenvalue weighted by Gasteiger charge is 2.28. The topological polar surface area (TPSA) is 76.5 Å². The van der Waals surface area contributed by atoms with Crippen molar-refractivity contribution in [2.24, 2.45) is 5.92 Å². The molecule has 2 amide bonds. The van der Waals surface area contributed by atoms with Crippen molar-refractivity contribution in [2.75, 3.05) is 25.5 Å². The Hall–Kier alpha value is -3.61. The van der Waals surface area contributed by atoms with Crippen molar-refractivity contribution in [2.45, 2.75) is 19.4 Å². The Kier molecular flexibility index (Phi) is 6.31. The van der Waals surface area contributed by atoms with Crippen LogP contribution < -0.4 is 10.1 Å². The van der Waals surface area contributed by atoms with Crippen LogP contribution in [0.4, 0.5) is 5.69 Å². The molecule has 1 atom stereocenters. The van der Waals surface area contributed by atoms with Gasteiger partial charge in [-0.05, 0) is 48.2 Å². The van der Waals surface area contributed by atoms with Crippen LogP contribution in [0, 0.1) is 5.92 Å². The lowest BCUT2D eigenvalue weighted by Gasteiger charge is -2.32. The molecule has 1 saturated heterocycles. The number of carbonyl (C=O) groups is 2. The molecular formula is C24H26N4O3. The Balaban J connectivity index is 1.35. The van der Waals surface area contributed by atoms with E-state index >= 15 is 0 Å². The number of piperidine rings is 1. The number of ether oxygens (including phenoxy) is 1. The predicted octanol–water partition coefficient (Wildman–Crippen LogP) is 3.44. The van der Waals surface area contributed by atoms with Crippen LogP contribution in [-0.4, -0.2) is 46.5 Å². The first-order chi connectivity index (χ1) is 15.1. The summed E-state index contributed by atoms with van der Waals surface area (Å²) in [6.45, 7) is 1.38.